The summed E-state index contributed by atoms with van der Waals surface area (Å²) in [5, 5.41) is 0. The molecule has 2 aromatic carbocycles. The van der Waals surface area contributed by atoms with Gasteiger partial charge in [-0.3, -0.25) is 0 Å². The minimum absolute atomic E-state index is 0.0955. The summed E-state index contributed by atoms with van der Waals surface area (Å²) in [6.07, 6.45) is -3.61. The zero-order valence-electron chi connectivity index (χ0n) is 14.5. The quantitative estimate of drug-likeness (QED) is 0.725. The summed E-state index contributed by atoms with van der Waals surface area (Å²) < 4.78 is 86.8. The molecule has 0 spiro atoms. The van der Waals surface area contributed by atoms with E-state index in [9.17, 15) is 26.0 Å². The molecule has 1 atom stereocenters. The Balaban J connectivity index is 1.75. The first-order valence-electron chi connectivity index (χ1n) is 8.35. The minimum Gasteiger partial charge on any atom is -0.406 e. The first kappa shape index (κ1) is 20.6. The van der Waals surface area contributed by atoms with Crippen LogP contribution in [0.3, 0.4) is 0 Å². The summed E-state index contributed by atoms with van der Waals surface area (Å²) in [6, 6.07) is 9.50. The van der Waals surface area contributed by atoms with Crippen LogP contribution in [0.15, 0.2) is 53.4 Å². The lowest BCUT2D eigenvalue weighted by Crippen LogP contribution is -2.40. The van der Waals surface area contributed by atoms with Crippen molar-refractivity contribution in [2.45, 2.75) is 29.7 Å². The molecule has 2 aromatic rings. The Morgan fingerprint density at radius 3 is 2.25 bits per heavy atom. The summed E-state index contributed by atoms with van der Waals surface area (Å²) >= 11 is 0. The topological polar surface area (TPSA) is 64.6 Å². The van der Waals surface area contributed by atoms with Crippen molar-refractivity contribution in [2.75, 3.05) is 13.2 Å². The van der Waals surface area contributed by atoms with Crippen molar-refractivity contribution in [1.29, 1.82) is 0 Å². The second-order valence-corrected chi connectivity index (χ2v) is 8.06. The third-order valence-corrected chi connectivity index (χ3v) is 5.81. The molecule has 3 rings (SSSR count). The van der Waals surface area contributed by atoms with Crippen LogP contribution in [0.5, 0.6) is 5.75 Å². The maximum Gasteiger partial charge on any atom is 0.573 e. The van der Waals surface area contributed by atoms with E-state index >= 15 is 0 Å². The Bertz CT molecular complexity index is 906. The fourth-order valence-corrected chi connectivity index (χ4v) is 4.12. The highest BCUT2D eigenvalue weighted by Gasteiger charge is 2.38. The third kappa shape index (κ3) is 4.81. The van der Waals surface area contributed by atoms with Crippen molar-refractivity contribution in [1.82, 2.24) is 4.72 Å². The van der Waals surface area contributed by atoms with Crippen LogP contribution in [0.2, 0.25) is 0 Å². The van der Waals surface area contributed by atoms with Gasteiger partial charge in [0.2, 0.25) is 10.0 Å². The van der Waals surface area contributed by atoms with E-state index in [-0.39, 0.29) is 11.4 Å². The molecule has 1 unspecified atom stereocenters. The summed E-state index contributed by atoms with van der Waals surface area (Å²) in [5.74, 6) is -0.938. The lowest BCUT2D eigenvalue weighted by Gasteiger charge is -2.29. The minimum atomic E-state index is -4.86. The van der Waals surface area contributed by atoms with Gasteiger partial charge in [0.05, 0.1) is 4.90 Å². The van der Waals surface area contributed by atoms with E-state index < -0.39 is 33.6 Å². The number of sulfonamides is 1. The average Bonchev–Trinajstić information content (AvgIpc) is 3.10. The molecule has 1 N–H and O–H groups in total. The van der Waals surface area contributed by atoms with Crippen LogP contribution < -0.4 is 9.46 Å². The van der Waals surface area contributed by atoms with Crippen molar-refractivity contribution in [2.24, 2.45) is 0 Å². The number of alkyl halides is 3. The van der Waals surface area contributed by atoms with Crippen molar-refractivity contribution < 1.29 is 35.5 Å². The van der Waals surface area contributed by atoms with E-state index in [1.54, 1.807) is 0 Å². The summed E-state index contributed by atoms with van der Waals surface area (Å²) in [5.41, 5.74) is -0.289. The van der Waals surface area contributed by atoms with Gasteiger partial charge >= 0.3 is 6.36 Å². The fraction of sp³-hybridized carbons (Fsp3) is 0.333. The zero-order valence-corrected chi connectivity index (χ0v) is 15.3. The predicted octanol–water partition coefficient (Wildman–Crippen LogP) is 3.71. The van der Waals surface area contributed by atoms with Gasteiger partial charge in [0.25, 0.3) is 0 Å². The molecule has 1 heterocycles. The third-order valence-electron chi connectivity index (χ3n) is 4.39. The Labute approximate surface area is 159 Å². The second kappa shape index (κ2) is 7.69. The second-order valence-electron chi connectivity index (χ2n) is 6.30. The molecular weight excluding hydrogens is 402 g/mol. The van der Waals surface area contributed by atoms with Crippen LogP contribution >= 0.6 is 0 Å². The van der Waals surface area contributed by atoms with Crippen molar-refractivity contribution in [3.63, 3.8) is 0 Å². The number of halogens is 4. The standard InChI is InChI=1S/C18H17F4NO4S/c19-14-4-2-13(3-5-14)17(10-1-11-26-17)12-23-28(24,25)16-8-6-15(7-9-16)27-18(20,21)22/h2-9,23H,1,10-12H2. The van der Waals surface area contributed by atoms with E-state index in [2.05, 4.69) is 9.46 Å². The van der Waals surface area contributed by atoms with Crippen LogP contribution in [0.4, 0.5) is 17.6 Å². The maximum absolute atomic E-state index is 13.2. The molecular formula is C18H17F4NO4S. The summed E-state index contributed by atoms with van der Waals surface area (Å²) in [4.78, 5) is -0.214. The first-order valence-corrected chi connectivity index (χ1v) is 9.84. The van der Waals surface area contributed by atoms with E-state index in [0.29, 0.717) is 25.0 Å². The first-order chi connectivity index (χ1) is 13.1. The van der Waals surface area contributed by atoms with Crippen LogP contribution in [-0.2, 0) is 20.4 Å². The molecule has 1 saturated heterocycles. The Hall–Kier alpha value is -2.17. The van der Waals surface area contributed by atoms with E-state index in [0.717, 1.165) is 24.3 Å². The molecule has 1 fully saturated rings. The highest BCUT2D eigenvalue weighted by molar-refractivity contribution is 7.89. The number of hydrogen-bond acceptors (Lipinski definition) is 4. The van der Waals surface area contributed by atoms with Crippen molar-refractivity contribution in [3.8, 4) is 5.75 Å². The monoisotopic (exact) mass is 419 g/mol. The number of nitrogens with one attached hydrogen (secondary N) is 1. The normalized spacial score (nSPS) is 20.3. The molecule has 0 bridgehead atoms. The number of hydrogen-bond donors (Lipinski definition) is 1. The zero-order chi connectivity index (χ0) is 20.4. The lowest BCUT2D eigenvalue weighted by molar-refractivity contribution is -0.274. The molecule has 0 amide bonds. The lowest BCUT2D eigenvalue weighted by atomic mass is 9.91. The Morgan fingerprint density at radius 1 is 1.07 bits per heavy atom. The van der Waals surface area contributed by atoms with Gasteiger partial charge in [-0.1, -0.05) is 12.1 Å². The van der Waals surface area contributed by atoms with Crippen molar-refractivity contribution >= 4 is 10.0 Å². The smallest absolute Gasteiger partial charge is 0.406 e. The Morgan fingerprint density at radius 2 is 1.71 bits per heavy atom. The van der Waals surface area contributed by atoms with E-state index in [1.807, 2.05) is 0 Å². The maximum atomic E-state index is 13.2. The van der Waals surface area contributed by atoms with Crippen LogP contribution in [-0.4, -0.2) is 27.9 Å². The van der Waals surface area contributed by atoms with Gasteiger partial charge in [-0.25, -0.2) is 17.5 Å². The summed E-state index contributed by atoms with van der Waals surface area (Å²) in [6.45, 7) is 0.338. The van der Waals surface area contributed by atoms with Gasteiger partial charge in [0, 0.05) is 13.2 Å². The fourth-order valence-electron chi connectivity index (χ4n) is 3.04. The molecule has 1 aliphatic rings. The Kier molecular flexibility index (Phi) is 5.64. The molecule has 28 heavy (non-hydrogen) atoms. The van der Waals surface area contributed by atoms with Gasteiger partial charge in [-0.05, 0) is 54.8 Å². The predicted molar refractivity (Wildman–Crippen MR) is 91.6 cm³/mol. The number of benzene rings is 2. The van der Waals surface area contributed by atoms with Gasteiger partial charge in [0.1, 0.15) is 17.2 Å². The van der Waals surface area contributed by atoms with E-state index in [1.165, 1.54) is 24.3 Å². The van der Waals surface area contributed by atoms with Crippen LogP contribution in [0.1, 0.15) is 18.4 Å². The molecule has 0 aromatic heterocycles. The van der Waals surface area contributed by atoms with Gasteiger partial charge < -0.3 is 9.47 Å². The summed E-state index contributed by atoms with van der Waals surface area (Å²) in [7, 11) is -4.00. The molecule has 10 heteroatoms. The molecule has 152 valence electrons. The van der Waals surface area contributed by atoms with Crippen LogP contribution in [0, 0.1) is 5.82 Å². The number of ether oxygens (including phenoxy) is 2. The highest BCUT2D eigenvalue weighted by Crippen LogP contribution is 2.36. The SMILES string of the molecule is O=S(=O)(NCC1(c2ccc(F)cc2)CCCO1)c1ccc(OC(F)(F)F)cc1. The van der Waals surface area contributed by atoms with E-state index in [4.69, 9.17) is 4.74 Å². The molecule has 0 aliphatic carbocycles. The van der Waals surface area contributed by atoms with Gasteiger partial charge in [-0.2, -0.15) is 0 Å². The highest BCUT2D eigenvalue weighted by atomic mass is 32.2. The van der Waals surface area contributed by atoms with Crippen molar-refractivity contribution in [3.05, 3.63) is 59.9 Å². The largest absolute Gasteiger partial charge is 0.573 e. The molecule has 0 saturated carbocycles. The average molecular weight is 419 g/mol. The van der Waals surface area contributed by atoms with Gasteiger partial charge in [-0.15, -0.1) is 13.2 Å². The van der Waals surface area contributed by atoms with Gasteiger partial charge in [0.15, 0.2) is 0 Å². The van der Waals surface area contributed by atoms with Crippen LogP contribution in [0.25, 0.3) is 0 Å². The molecule has 1 aliphatic heterocycles. The molecule has 0 radical (unpaired) electrons. The molecule has 5 nitrogen and oxygen atoms in total. The number of rotatable bonds is 6.